The molecule has 1 aromatic heterocycles. The van der Waals surface area contributed by atoms with E-state index in [-0.39, 0.29) is 11.7 Å². The highest BCUT2D eigenvalue weighted by atomic mass is 32.2. The van der Waals surface area contributed by atoms with E-state index in [0.717, 1.165) is 17.3 Å². The smallest absolute Gasteiger partial charge is 0.295 e. The Morgan fingerprint density at radius 2 is 2.32 bits per heavy atom. The van der Waals surface area contributed by atoms with E-state index in [1.165, 1.54) is 0 Å². The number of amides is 1. The first-order valence-corrected chi connectivity index (χ1v) is 9.09. The Hall–Kier alpha value is -1.28. The van der Waals surface area contributed by atoms with Crippen molar-refractivity contribution in [1.29, 1.82) is 0 Å². The van der Waals surface area contributed by atoms with E-state index >= 15 is 0 Å². The zero-order valence-corrected chi connectivity index (χ0v) is 13.3. The lowest BCUT2D eigenvalue weighted by molar-refractivity contribution is -0.116. The molecular formula is C14H15F2N3OS2. The number of thioether (sulfide) groups is 2. The van der Waals surface area contributed by atoms with E-state index in [1.807, 2.05) is 23.5 Å². The van der Waals surface area contributed by atoms with Crippen molar-refractivity contribution in [1.82, 2.24) is 9.97 Å². The molecule has 3 rings (SSSR count). The van der Waals surface area contributed by atoms with E-state index in [1.54, 1.807) is 18.2 Å². The van der Waals surface area contributed by atoms with Gasteiger partial charge in [0, 0.05) is 34.6 Å². The van der Waals surface area contributed by atoms with Crippen LogP contribution in [0.15, 0.2) is 18.2 Å². The molecule has 1 fully saturated rings. The monoisotopic (exact) mass is 343 g/mol. The van der Waals surface area contributed by atoms with Gasteiger partial charge in [-0.05, 0) is 18.2 Å². The second-order valence-corrected chi connectivity index (χ2v) is 7.53. The van der Waals surface area contributed by atoms with Gasteiger partial charge in [-0.25, -0.2) is 13.8 Å². The van der Waals surface area contributed by atoms with Crippen LogP contribution >= 0.6 is 23.5 Å². The van der Waals surface area contributed by atoms with Crippen LogP contribution in [0.1, 0.15) is 18.7 Å². The Morgan fingerprint density at radius 1 is 1.45 bits per heavy atom. The molecule has 1 aliphatic rings. The maximum absolute atomic E-state index is 12.6. The highest BCUT2D eigenvalue weighted by Crippen LogP contribution is 2.27. The largest absolute Gasteiger partial charge is 0.337 e. The minimum atomic E-state index is -2.63. The number of benzene rings is 1. The quantitative estimate of drug-likeness (QED) is 0.889. The Bertz CT molecular complexity index is 671. The van der Waals surface area contributed by atoms with E-state index in [2.05, 4.69) is 15.3 Å². The summed E-state index contributed by atoms with van der Waals surface area (Å²) >= 11 is 3.70. The molecule has 1 saturated heterocycles. The molecule has 0 spiro atoms. The summed E-state index contributed by atoms with van der Waals surface area (Å²) in [5.74, 6) is 2.82. The van der Waals surface area contributed by atoms with Crippen molar-refractivity contribution >= 4 is 46.2 Å². The maximum Gasteiger partial charge on any atom is 0.295 e. The SMILES string of the molecule is O=C(C[C@H]1CSCCS1)Nc1ccc2nc(C(F)F)[nH]c2c1. The molecule has 1 aromatic carbocycles. The zero-order chi connectivity index (χ0) is 15.5. The molecule has 0 bridgehead atoms. The number of imidazole rings is 1. The van der Waals surface area contributed by atoms with Crippen LogP contribution in [0.25, 0.3) is 11.0 Å². The number of anilines is 1. The summed E-state index contributed by atoms with van der Waals surface area (Å²) in [4.78, 5) is 18.4. The van der Waals surface area contributed by atoms with Gasteiger partial charge in [-0.2, -0.15) is 23.5 Å². The van der Waals surface area contributed by atoms with Gasteiger partial charge in [0.15, 0.2) is 5.82 Å². The zero-order valence-electron chi connectivity index (χ0n) is 11.6. The first-order chi connectivity index (χ1) is 10.6. The number of aromatic amines is 1. The van der Waals surface area contributed by atoms with Gasteiger partial charge in [0.1, 0.15) is 0 Å². The molecule has 4 nitrogen and oxygen atoms in total. The number of rotatable bonds is 4. The Kier molecular flexibility index (Phi) is 4.87. The maximum atomic E-state index is 12.6. The molecular weight excluding hydrogens is 328 g/mol. The van der Waals surface area contributed by atoms with Crippen LogP contribution in [-0.2, 0) is 4.79 Å². The number of alkyl halides is 2. The number of hydrogen-bond acceptors (Lipinski definition) is 4. The Balaban J connectivity index is 1.66. The Morgan fingerprint density at radius 3 is 3.05 bits per heavy atom. The summed E-state index contributed by atoms with van der Waals surface area (Å²) in [6.07, 6.45) is -2.16. The number of nitrogens with zero attached hydrogens (tertiary/aromatic N) is 1. The fourth-order valence-corrected chi connectivity index (χ4v) is 4.96. The molecule has 1 amide bonds. The number of carbonyl (C=O) groups excluding carboxylic acids is 1. The predicted octanol–water partition coefficient (Wildman–Crippen LogP) is 3.68. The molecule has 22 heavy (non-hydrogen) atoms. The van der Waals surface area contributed by atoms with Crippen LogP contribution in [0, 0.1) is 0 Å². The molecule has 118 valence electrons. The van der Waals surface area contributed by atoms with Crippen molar-refractivity contribution in [2.75, 3.05) is 22.6 Å². The summed E-state index contributed by atoms with van der Waals surface area (Å²) in [5.41, 5.74) is 1.55. The summed E-state index contributed by atoms with van der Waals surface area (Å²) in [6, 6.07) is 4.94. The molecule has 1 aliphatic heterocycles. The van der Waals surface area contributed by atoms with Crippen molar-refractivity contribution in [3.05, 3.63) is 24.0 Å². The molecule has 2 heterocycles. The fraction of sp³-hybridized carbons (Fsp3) is 0.429. The summed E-state index contributed by atoms with van der Waals surface area (Å²) in [5, 5.41) is 3.17. The number of carbonyl (C=O) groups is 1. The molecule has 8 heteroatoms. The van der Waals surface area contributed by atoms with Gasteiger partial charge < -0.3 is 10.3 Å². The molecule has 0 radical (unpaired) electrons. The van der Waals surface area contributed by atoms with Crippen molar-refractivity contribution < 1.29 is 13.6 Å². The second-order valence-electron chi connectivity index (χ2n) is 4.97. The number of H-pyrrole nitrogens is 1. The average molecular weight is 343 g/mol. The summed E-state index contributed by atoms with van der Waals surface area (Å²) < 4.78 is 25.2. The molecule has 0 aliphatic carbocycles. The highest BCUT2D eigenvalue weighted by Gasteiger charge is 2.18. The van der Waals surface area contributed by atoms with Crippen LogP contribution in [0.2, 0.25) is 0 Å². The highest BCUT2D eigenvalue weighted by molar-refractivity contribution is 8.06. The lowest BCUT2D eigenvalue weighted by Crippen LogP contribution is -2.22. The van der Waals surface area contributed by atoms with Gasteiger partial charge in [0.25, 0.3) is 6.43 Å². The van der Waals surface area contributed by atoms with E-state index < -0.39 is 6.43 Å². The van der Waals surface area contributed by atoms with Crippen molar-refractivity contribution in [3.8, 4) is 0 Å². The van der Waals surface area contributed by atoms with E-state index in [4.69, 9.17) is 0 Å². The summed E-state index contributed by atoms with van der Waals surface area (Å²) in [7, 11) is 0. The predicted molar refractivity (Wildman–Crippen MR) is 87.9 cm³/mol. The lowest BCUT2D eigenvalue weighted by Gasteiger charge is -2.20. The molecule has 2 N–H and O–H groups in total. The number of aromatic nitrogens is 2. The Labute approximate surface area is 134 Å². The third-order valence-electron chi connectivity index (χ3n) is 3.29. The minimum absolute atomic E-state index is 0.0482. The topological polar surface area (TPSA) is 57.8 Å². The van der Waals surface area contributed by atoms with Gasteiger partial charge in [-0.3, -0.25) is 4.79 Å². The van der Waals surface area contributed by atoms with Crippen molar-refractivity contribution in [3.63, 3.8) is 0 Å². The van der Waals surface area contributed by atoms with Crippen LogP contribution in [0.5, 0.6) is 0 Å². The number of fused-ring (bicyclic) bond motifs is 1. The van der Waals surface area contributed by atoms with Gasteiger partial charge >= 0.3 is 0 Å². The number of halogens is 2. The lowest BCUT2D eigenvalue weighted by atomic mass is 10.2. The molecule has 2 aromatic rings. The van der Waals surface area contributed by atoms with Gasteiger partial charge in [-0.15, -0.1) is 0 Å². The first kappa shape index (κ1) is 15.6. The van der Waals surface area contributed by atoms with E-state index in [9.17, 15) is 13.6 Å². The van der Waals surface area contributed by atoms with Crippen molar-refractivity contribution in [2.45, 2.75) is 18.1 Å². The summed E-state index contributed by atoms with van der Waals surface area (Å²) in [6.45, 7) is 0. The normalized spacial score (nSPS) is 18.8. The van der Waals surface area contributed by atoms with Crippen molar-refractivity contribution in [2.24, 2.45) is 0 Å². The van der Waals surface area contributed by atoms with Gasteiger partial charge in [-0.1, -0.05) is 0 Å². The van der Waals surface area contributed by atoms with Crippen LogP contribution in [-0.4, -0.2) is 38.4 Å². The van der Waals surface area contributed by atoms with E-state index in [0.29, 0.717) is 28.4 Å². The third kappa shape index (κ3) is 3.73. The minimum Gasteiger partial charge on any atom is -0.337 e. The first-order valence-electron chi connectivity index (χ1n) is 6.89. The third-order valence-corrected chi connectivity index (χ3v) is 6.13. The molecule has 0 unspecified atom stereocenters. The molecule has 0 saturated carbocycles. The van der Waals surface area contributed by atoms with Crippen LogP contribution in [0.4, 0.5) is 14.5 Å². The number of hydrogen-bond donors (Lipinski definition) is 2. The van der Waals surface area contributed by atoms with Gasteiger partial charge in [0.05, 0.1) is 11.0 Å². The number of nitrogens with one attached hydrogen (secondary N) is 2. The average Bonchev–Trinajstić information content (AvgIpc) is 2.91. The van der Waals surface area contributed by atoms with Gasteiger partial charge in [0.2, 0.25) is 5.91 Å². The molecule has 1 atom stereocenters. The standard InChI is InChI=1S/C14H15F2N3OS2/c15-13(16)14-18-10-2-1-8(5-11(10)19-14)17-12(20)6-9-7-21-3-4-22-9/h1-2,5,9,13H,3-4,6-7H2,(H,17,20)(H,18,19)/t9-/m0/s1. The fourth-order valence-electron chi connectivity index (χ4n) is 2.28. The second kappa shape index (κ2) is 6.87. The van der Waals surface area contributed by atoms with Crippen LogP contribution in [0.3, 0.4) is 0 Å². The van der Waals surface area contributed by atoms with Crippen LogP contribution < -0.4 is 5.32 Å².